The van der Waals surface area contributed by atoms with Gasteiger partial charge in [-0.05, 0) is 60.4 Å². The van der Waals surface area contributed by atoms with Gasteiger partial charge in [0, 0.05) is 5.56 Å². The van der Waals surface area contributed by atoms with Gasteiger partial charge in [-0.1, -0.05) is 32.0 Å². The van der Waals surface area contributed by atoms with Crippen LogP contribution in [0.25, 0.3) is 0 Å². The Hall–Kier alpha value is -4.46. The van der Waals surface area contributed by atoms with E-state index in [-0.39, 0.29) is 33.7 Å². The Kier molecular flexibility index (Phi) is 5.89. The van der Waals surface area contributed by atoms with Gasteiger partial charge in [-0.25, -0.2) is 9.69 Å². The number of benzene rings is 3. The molecule has 4 rings (SSSR count). The van der Waals surface area contributed by atoms with Gasteiger partial charge >= 0.3 is 5.97 Å². The normalized spacial score (nSPS) is 12.6. The number of imide groups is 1. The molecule has 3 N–H and O–H groups in total. The van der Waals surface area contributed by atoms with Crippen LogP contribution in [0.3, 0.4) is 0 Å². The predicted octanol–water partition coefficient (Wildman–Crippen LogP) is 4.27. The van der Waals surface area contributed by atoms with Crippen LogP contribution in [0.2, 0.25) is 0 Å². The number of aryl methyl sites for hydroxylation is 2. The summed E-state index contributed by atoms with van der Waals surface area (Å²) in [6.07, 6.45) is 1.28. The van der Waals surface area contributed by atoms with Crippen LogP contribution >= 0.6 is 0 Å². The summed E-state index contributed by atoms with van der Waals surface area (Å²) in [5.74, 6) is -3.14. The van der Waals surface area contributed by atoms with Crippen molar-refractivity contribution in [1.82, 2.24) is 0 Å². The standard InChI is InChI=1S/C26H22N2O6/c1-3-14-6-5-7-15(4-2)22(14)28-24(31)18-10-8-16(12-19(18)25(28)32)23(30)27-20-13-17(26(33)34)9-11-21(20)29/h5-13,29H,3-4H2,1-2H3,(H,27,30)(H,33,34). The quantitative estimate of drug-likeness (QED) is 0.374. The molecule has 34 heavy (non-hydrogen) atoms. The van der Waals surface area contributed by atoms with Crippen LogP contribution < -0.4 is 10.2 Å². The number of carbonyl (C=O) groups excluding carboxylic acids is 3. The minimum Gasteiger partial charge on any atom is -0.506 e. The Morgan fingerprint density at radius 3 is 2.09 bits per heavy atom. The van der Waals surface area contributed by atoms with E-state index in [2.05, 4.69) is 5.32 Å². The summed E-state index contributed by atoms with van der Waals surface area (Å²) in [5.41, 5.74) is 2.53. The maximum atomic E-state index is 13.3. The van der Waals surface area contributed by atoms with Gasteiger partial charge in [-0.15, -0.1) is 0 Å². The highest BCUT2D eigenvalue weighted by molar-refractivity contribution is 6.35. The number of hydrogen-bond acceptors (Lipinski definition) is 5. The summed E-state index contributed by atoms with van der Waals surface area (Å²) >= 11 is 0. The molecule has 0 atom stereocenters. The van der Waals surface area contributed by atoms with Crippen molar-refractivity contribution in [2.45, 2.75) is 26.7 Å². The van der Waals surface area contributed by atoms with Crippen LogP contribution in [-0.2, 0) is 12.8 Å². The van der Waals surface area contributed by atoms with E-state index in [4.69, 9.17) is 5.11 Å². The van der Waals surface area contributed by atoms with Gasteiger partial charge in [0.15, 0.2) is 0 Å². The first kappa shape index (κ1) is 22.7. The molecular formula is C26H22N2O6. The Morgan fingerprint density at radius 1 is 0.853 bits per heavy atom. The van der Waals surface area contributed by atoms with Crippen molar-refractivity contribution in [3.05, 3.63) is 88.0 Å². The van der Waals surface area contributed by atoms with Gasteiger partial charge in [-0.3, -0.25) is 14.4 Å². The maximum absolute atomic E-state index is 13.3. The molecule has 1 aliphatic rings. The second kappa shape index (κ2) is 8.82. The Balaban J connectivity index is 1.68. The molecule has 8 nitrogen and oxygen atoms in total. The van der Waals surface area contributed by atoms with Gasteiger partial charge in [0.1, 0.15) is 5.75 Å². The van der Waals surface area contributed by atoms with Crippen molar-refractivity contribution in [2.75, 3.05) is 10.2 Å². The number of phenols is 1. The lowest BCUT2D eigenvalue weighted by Crippen LogP contribution is -2.31. The highest BCUT2D eigenvalue weighted by Gasteiger charge is 2.39. The van der Waals surface area contributed by atoms with Gasteiger partial charge in [0.25, 0.3) is 17.7 Å². The molecule has 3 aromatic carbocycles. The number of carboxylic acid groups (broad SMARTS) is 1. The third-order valence-electron chi connectivity index (χ3n) is 5.83. The van der Waals surface area contributed by atoms with E-state index in [0.717, 1.165) is 17.2 Å². The van der Waals surface area contributed by atoms with Crippen LogP contribution in [0.15, 0.2) is 54.6 Å². The summed E-state index contributed by atoms with van der Waals surface area (Å²) < 4.78 is 0. The first-order valence-electron chi connectivity index (χ1n) is 10.8. The largest absolute Gasteiger partial charge is 0.506 e. The van der Waals surface area contributed by atoms with Crippen molar-refractivity contribution < 1.29 is 29.4 Å². The zero-order valence-electron chi connectivity index (χ0n) is 18.6. The smallest absolute Gasteiger partial charge is 0.335 e. The average molecular weight is 458 g/mol. The second-order valence-electron chi connectivity index (χ2n) is 7.83. The number of aromatic hydroxyl groups is 1. The van der Waals surface area contributed by atoms with E-state index in [9.17, 15) is 24.3 Å². The summed E-state index contributed by atoms with van der Waals surface area (Å²) in [6.45, 7) is 3.90. The number of phenolic OH excluding ortho intramolecular Hbond substituents is 1. The molecule has 172 valence electrons. The molecule has 0 radical (unpaired) electrons. The van der Waals surface area contributed by atoms with Crippen molar-refractivity contribution in [3.8, 4) is 5.75 Å². The molecule has 3 amide bonds. The lowest BCUT2D eigenvalue weighted by molar-refractivity contribution is 0.0696. The molecule has 1 heterocycles. The Labute approximate surface area is 195 Å². The summed E-state index contributed by atoms with van der Waals surface area (Å²) in [6, 6.07) is 13.3. The third-order valence-corrected chi connectivity index (χ3v) is 5.83. The average Bonchev–Trinajstić information content (AvgIpc) is 3.08. The first-order chi connectivity index (χ1) is 16.3. The Bertz CT molecular complexity index is 1340. The van der Waals surface area contributed by atoms with E-state index >= 15 is 0 Å². The number of carbonyl (C=O) groups is 4. The topological polar surface area (TPSA) is 124 Å². The summed E-state index contributed by atoms with van der Waals surface area (Å²) in [4.78, 5) is 51.7. The number of para-hydroxylation sites is 1. The number of aromatic carboxylic acids is 1. The molecule has 0 bridgehead atoms. The molecule has 0 saturated carbocycles. The molecule has 3 aromatic rings. The SMILES string of the molecule is CCc1cccc(CC)c1N1C(=O)c2ccc(C(=O)Nc3cc(C(=O)O)ccc3O)cc2C1=O. The maximum Gasteiger partial charge on any atom is 0.335 e. The van der Waals surface area contributed by atoms with Crippen molar-refractivity contribution >= 4 is 35.1 Å². The molecule has 1 aliphatic heterocycles. The molecule has 0 fully saturated rings. The van der Waals surface area contributed by atoms with Gasteiger partial charge in [0.2, 0.25) is 0 Å². The number of nitrogens with zero attached hydrogens (tertiary/aromatic N) is 1. The number of fused-ring (bicyclic) bond motifs is 1. The van der Waals surface area contributed by atoms with Crippen LogP contribution in [0.5, 0.6) is 5.75 Å². The molecule has 0 aromatic heterocycles. The van der Waals surface area contributed by atoms with Crippen molar-refractivity contribution in [3.63, 3.8) is 0 Å². The van der Waals surface area contributed by atoms with Crippen LogP contribution in [0.4, 0.5) is 11.4 Å². The van der Waals surface area contributed by atoms with Gasteiger partial charge < -0.3 is 15.5 Å². The van der Waals surface area contributed by atoms with Crippen LogP contribution in [-0.4, -0.2) is 33.9 Å². The molecule has 0 saturated heterocycles. The molecule has 8 heteroatoms. The molecular weight excluding hydrogens is 436 g/mol. The zero-order valence-corrected chi connectivity index (χ0v) is 18.6. The van der Waals surface area contributed by atoms with Crippen molar-refractivity contribution in [2.24, 2.45) is 0 Å². The third kappa shape index (κ3) is 3.79. The summed E-state index contributed by atoms with van der Waals surface area (Å²) in [5, 5.41) is 21.6. The fourth-order valence-electron chi connectivity index (χ4n) is 4.05. The number of amides is 3. The van der Waals surface area contributed by atoms with E-state index in [1.807, 2.05) is 32.0 Å². The number of nitrogens with one attached hydrogen (secondary N) is 1. The van der Waals surface area contributed by atoms with E-state index < -0.39 is 23.7 Å². The molecule has 0 unspecified atom stereocenters. The highest BCUT2D eigenvalue weighted by atomic mass is 16.4. The predicted molar refractivity (Wildman–Crippen MR) is 126 cm³/mol. The minimum atomic E-state index is -1.21. The first-order valence-corrected chi connectivity index (χ1v) is 10.8. The highest BCUT2D eigenvalue weighted by Crippen LogP contribution is 2.35. The number of anilines is 2. The monoisotopic (exact) mass is 458 g/mol. The number of rotatable bonds is 6. The van der Waals surface area contributed by atoms with E-state index in [1.165, 1.54) is 35.2 Å². The van der Waals surface area contributed by atoms with E-state index in [1.54, 1.807) is 0 Å². The van der Waals surface area contributed by atoms with Gasteiger partial charge in [-0.2, -0.15) is 0 Å². The lowest BCUT2D eigenvalue weighted by Gasteiger charge is -2.21. The van der Waals surface area contributed by atoms with Crippen molar-refractivity contribution in [1.29, 1.82) is 0 Å². The number of hydrogen-bond donors (Lipinski definition) is 3. The fraction of sp³-hybridized carbons (Fsp3) is 0.154. The van der Waals surface area contributed by atoms with Gasteiger partial charge in [0.05, 0.1) is 28.1 Å². The minimum absolute atomic E-state index is 0.0844. The summed E-state index contributed by atoms with van der Waals surface area (Å²) in [7, 11) is 0. The van der Waals surface area contributed by atoms with Crippen LogP contribution in [0.1, 0.15) is 66.4 Å². The Morgan fingerprint density at radius 2 is 1.47 bits per heavy atom. The lowest BCUT2D eigenvalue weighted by atomic mass is 10.0. The number of carboxylic acids is 1. The van der Waals surface area contributed by atoms with Crippen LogP contribution in [0, 0.1) is 0 Å². The second-order valence-corrected chi connectivity index (χ2v) is 7.83. The molecule has 0 spiro atoms. The fourth-order valence-corrected chi connectivity index (χ4v) is 4.05. The molecule has 0 aliphatic carbocycles. The van der Waals surface area contributed by atoms with E-state index in [0.29, 0.717) is 18.5 Å². The zero-order chi connectivity index (χ0) is 24.6.